The maximum Gasteiger partial charge on any atom is 0.417 e. The maximum absolute atomic E-state index is 12.4. The number of carbonyl (C=O) groups excluding carboxylic acids is 1. The van der Waals surface area contributed by atoms with Crippen molar-refractivity contribution >= 4 is 12.1 Å². The van der Waals surface area contributed by atoms with Crippen LogP contribution in [0.5, 0.6) is 0 Å². The van der Waals surface area contributed by atoms with Crippen LogP contribution in [0.1, 0.15) is 21.5 Å². The first-order valence-electron chi connectivity index (χ1n) is 3.79. The number of hydrogen-bond acceptors (Lipinski definition) is 1. The van der Waals surface area contributed by atoms with Gasteiger partial charge >= 0.3 is 6.18 Å². The third kappa shape index (κ3) is 1.21. The molecule has 1 amide bonds. The molecule has 0 saturated heterocycles. The quantitative estimate of drug-likeness (QED) is 0.630. The van der Waals surface area contributed by atoms with Gasteiger partial charge in [0.15, 0.2) is 0 Å². The molecule has 0 fully saturated rings. The molecule has 0 atom stereocenters. The van der Waals surface area contributed by atoms with Crippen molar-refractivity contribution in [1.82, 2.24) is 0 Å². The third-order valence-corrected chi connectivity index (χ3v) is 1.94. The smallest absolute Gasteiger partial charge is 0.267 e. The fourth-order valence-electron chi connectivity index (χ4n) is 1.35. The van der Waals surface area contributed by atoms with Gasteiger partial charge in [0.1, 0.15) is 0 Å². The minimum Gasteiger partial charge on any atom is -0.267 e. The van der Waals surface area contributed by atoms with Crippen molar-refractivity contribution in [2.24, 2.45) is 4.99 Å². The van der Waals surface area contributed by atoms with Crippen molar-refractivity contribution in [3.8, 4) is 0 Å². The molecule has 14 heavy (non-hydrogen) atoms. The van der Waals surface area contributed by atoms with Gasteiger partial charge in [-0.15, -0.1) is 0 Å². The average Bonchev–Trinajstić information content (AvgIpc) is 2.46. The number of hydrogen-bond donors (Lipinski definition) is 0. The molecule has 2 nitrogen and oxygen atoms in total. The zero-order valence-corrected chi connectivity index (χ0v) is 6.80. The molecule has 1 aliphatic heterocycles. The number of carbonyl (C=O) groups is 1. The van der Waals surface area contributed by atoms with E-state index in [0.717, 1.165) is 12.3 Å². The summed E-state index contributed by atoms with van der Waals surface area (Å²) in [6.07, 6.45) is -3.36. The summed E-state index contributed by atoms with van der Waals surface area (Å²) in [6, 6.07) is 3.57. The maximum atomic E-state index is 12.4. The van der Waals surface area contributed by atoms with Crippen molar-refractivity contribution in [2.45, 2.75) is 6.18 Å². The van der Waals surface area contributed by atoms with E-state index < -0.39 is 17.6 Å². The number of aliphatic imine (C=N–C) groups is 1. The van der Waals surface area contributed by atoms with Gasteiger partial charge < -0.3 is 0 Å². The highest BCUT2D eigenvalue weighted by atomic mass is 19.4. The average molecular weight is 199 g/mol. The van der Waals surface area contributed by atoms with E-state index in [4.69, 9.17) is 0 Å². The standard InChI is InChI=1S/C9H4F3NO/c10-9(11,12)6-3-1-2-5-4-13-8(14)7(5)6/h1-4H. The van der Waals surface area contributed by atoms with Crippen LogP contribution in [0.25, 0.3) is 0 Å². The van der Waals surface area contributed by atoms with Gasteiger partial charge in [-0.1, -0.05) is 12.1 Å². The Labute approximate surface area is 77.1 Å². The van der Waals surface area contributed by atoms with Gasteiger partial charge in [0.25, 0.3) is 5.91 Å². The number of benzene rings is 1. The first kappa shape index (κ1) is 8.93. The molecule has 5 heteroatoms. The minimum absolute atomic E-state index is 0.227. The van der Waals surface area contributed by atoms with E-state index in [1.807, 2.05) is 0 Å². The van der Waals surface area contributed by atoms with Crippen LogP contribution >= 0.6 is 0 Å². The van der Waals surface area contributed by atoms with Gasteiger partial charge in [0, 0.05) is 11.8 Å². The Balaban J connectivity index is 2.67. The molecule has 0 unspecified atom stereocenters. The van der Waals surface area contributed by atoms with E-state index in [0.29, 0.717) is 0 Å². The molecule has 0 spiro atoms. The number of fused-ring (bicyclic) bond motifs is 1. The van der Waals surface area contributed by atoms with E-state index in [2.05, 4.69) is 4.99 Å². The molecule has 1 aliphatic rings. The number of rotatable bonds is 0. The Morgan fingerprint density at radius 2 is 1.93 bits per heavy atom. The third-order valence-electron chi connectivity index (χ3n) is 1.94. The fraction of sp³-hybridized carbons (Fsp3) is 0.111. The largest absolute Gasteiger partial charge is 0.417 e. The highest BCUT2D eigenvalue weighted by Crippen LogP contribution is 2.34. The molecule has 0 aliphatic carbocycles. The van der Waals surface area contributed by atoms with Gasteiger partial charge in [-0.3, -0.25) is 4.79 Å². The van der Waals surface area contributed by atoms with E-state index in [1.165, 1.54) is 12.1 Å². The second-order valence-electron chi connectivity index (χ2n) is 2.83. The van der Waals surface area contributed by atoms with E-state index >= 15 is 0 Å². The summed E-state index contributed by atoms with van der Waals surface area (Å²) in [5, 5.41) is 0. The molecule has 1 aromatic rings. The molecule has 2 rings (SSSR count). The lowest BCUT2D eigenvalue weighted by Crippen LogP contribution is -2.11. The highest BCUT2D eigenvalue weighted by Gasteiger charge is 2.37. The van der Waals surface area contributed by atoms with Crippen molar-refractivity contribution in [3.63, 3.8) is 0 Å². The van der Waals surface area contributed by atoms with Crippen LogP contribution in [-0.4, -0.2) is 12.1 Å². The molecule has 0 radical (unpaired) electrons. The number of alkyl halides is 3. The van der Waals surface area contributed by atoms with Crippen LogP contribution in [0.2, 0.25) is 0 Å². The van der Waals surface area contributed by atoms with E-state index in [9.17, 15) is 18.0 Å². The van der Waals surface area contributed by atoms with Gasteiger partial charge in [-0.25, -0.2) is 4.99 Å². The predicted octanol–water partition coefficient (Wildman–Crippen LogP) is 2.28. The van der Waals surface area contributed by atoms with Crippen LogP contribution < -0.4 is 0 Å². The molecule has 0 saturated carbocycles. The normalized spacial score (nSPS) is 14.6. The van der Waals surface area contributed by atoms with Crippen molar-refractivity contribution in [2.75, 3.05) is 0 Å². The lowest BCUT2D eigenvalue weighted by atomic mass is 10.0. The Hall–Kier alpha value is -1.65. The second-order valence-corrected chi connectivity index (χ2v) is 2.83. The summed E-state index contributed by atoms with van der Waals surface area (Å²) >= 11 is 0. The number of halogens is 3. The molecule has 0 aromatic heterocycles. The summed E-state index contributed by atoms with van der Waals surface area (Å²) in [4.78, 5) is 14.3. The lowest BCUT2D eigenvalue weighted by molar-refractivity contribution is -0.137. The summed E-state index contributed by atoms with van der Waals surface area (Å²) in [5.41, 5.74) is -1.04. The van der Waals surface area contributed by atoms with Crippen molar-refractivity contribution < 1.29 is 18.0 Å². The topological polar surface area (TPSA) is 29.4 Å². The summed E-state index contributed by atoms with van der Waals surface area (Å²) in [5.74, 6) is -0.826. The SMILES string of the molecule is O=C1N=Cc2cccc(C(F)(F)F)c21. The second kappa shape index (κ2) is 2.67. The van der Waals surface area contributed by atoms with E-state index in [1.54, 1.807) is 0 Å². The number of amides is 1. The Kier molecular flexibility index (Phi) is 1.70. The Bertz CT molecular complexity index is 434. The first-order chi connectivity index (χ1) is 6.50. The van der Waals surface area contributed by atoms with Crippen LogP contribution in [-0.2, 0) is 6.18 Å². The summed E-state index contributed by atoms with van der Waals surface area (Å²) < 4.78 is 37.2. The van der Waals surface area contributed by atoms with Crippen molar-refractivity contribution in [1.29, 1.82) is 0 Å². The van der Waals surface area contributed by atoms with Crippen LogP contribution in [0.15, 0.2) is 23.2 Å². The summed E-state index contributed by atoms with van der Waals surface area (Å²) in [6.45, 7) is 0. The highest BCUT2D eigenvalue weighted by molar-refractivity contribution is 6.13. The van der Waals surface area contributed by atoms with Gasteiger partial charge in [-0.05, 0) is 6.07 Å². The summed E-state index contributed by atoms with van der Waals surface area (Å²) in [7, 11) is 0. The molecular weight excluding hydrogens is 195 g/mol. The van der Waals surface area contributed by atoms with Gasteiger partial charge in [0.05, 0.1) is 11.1 Å². The molecular formula is C9H4F3NO. The van der Waals surface area contributed by atoms with Crippen LogP contribution in [0, 0.1) is 0 Å². The van der Waals surface area contributed by atoms with E-state index in [-0.39, 0.29) is 11.1 Å². The van der Waals surface area contributed by atoms with Crippen LogP contribution in [0.3, 0.4) is 0 Å². The predicted molar refractivity (Wildman–Crippen MR) is 43.4 cm³/mol. The van der Waals surface area contributed by atoms with Gasteiger partial charge in [0.2, 0.25) is 0 Å². The zero-order chi connectivity index (χ0) is 10.3. The van der Waals surface area contributed by atoms with Crippen LogP contribution in [0.4, 0.5) is 13.2 Å². The molecule has 0 bridgehead atoms. The minimum atomic E-state index is -4.51. The Morgan fingerprint density at radius 3 is 2.57 bits per heavy atom. The molecule has 1 aromatic carbocycles. The van der Waals surface area contributed by atoms with Crippen molar-refractivity contribution in [3.05, 3.63) is 34.9 Å². The fourth-order valence-corrected chi connectivity index (χ4v) is 1.35. The molecule has 0 N–H and O–H groups in total. The van der Waals surface area contributed by atoms with Gasteiger partial charge in [-0.2, -0.15) is 13.2 Å². The Morgan fingerprint density at radius 1 is 1.21 bits per heavy atom. The zero-order valence-electron chi connectivity index (χ0n) is 6.80. The molecule has 72 valence electrons. The number of nitrogens with zero attached hydrogens (tertiary/aromatic N) is 1. The molecule has 1 heterocycles. The monoisotopic (exact) mass is 199 g/mol. The first-order valence-corrected chi connectivity index (χ1v) is 3.79. The lowest BCUT2D eigenvalue weighted by Gasteiger charge is -2.09.